The van der Waals surface area contributed by atoms with Gasteiger partial charge >= 0.3 is 6.03 Å². The molecule has 0 spiro atoms. The largest absolute Gasteiger partial charge is 0.333 e. The number of hydrogen-bond donors (Lipinski definition) is 1. The summed E-state index contributed by atoms with van der Waals surface area (Å²) in [4.78, 5) is 15.4. The van der Waals surface area contributed by atoms with Gasteiger partial charge in [0.25, 0.3) is 0 Å². The average Bonchev–Trinajstić information content (AvgIpc) is 2.89. The normalized spacial score (nSPS) is 10.4. The van der Waals surface area contributed by atoms with Gasteiger partial charge in [0.1, 0.15) is 6.33 Å². The molecule has 0 aromatic carbocycles. The maximum Gasteiger partial charge on any atom is 0.327 e. The third-order valence-corrected chi connectivity index (χ3v) is 2.51. The summed E-state index contributed by atoms with van der Waals surface area (Å²) >= 11 is 0. The van der Waals surface area contributed by atoms with Crippen molar-refractivity contribution in [2.75, 3.05) is 0 Å². The Bertz CT molecular complexity index is 485. The van der Waals surface area contributed by atoms with E-state index in [1.165, 1.54) is 10.9 Å². The fraction of sp³-hybridized carbons (Fsp3) is 0.300. The van der Waals surface area contributed by atoms with Crippen molar-refractivity contribution in [3.8, 4) is 0 Å². The molecular formula is C10H13N5O. The molecule has 1 N–H and O–H groups in total. The van der Waals surface area contributed by atoms with E-state index >= 15 is 0 Å². The summed E-state index contributed by atoms with van der Waals surface area (Å²) in [5, 5.41) is 6.89. The number of carbonyl (C=O) groups excluding carboxylic acids is 1. The van der Waals surface area contributed by atoms with Gasteiger partial charge in [0.2, 0.25) is 0 Å². The molecule has 2 heterocycles. The van der Waals surface area contributed by atoms with Gasteiger partial charge in [0.15, 0.2) is 0 Å². The monoisotopic (exact) mass is 219 g/mol. The van der Waals surface area contributed by atoms with Gasteiger partial charge in [0, 0.05) is 37.2 Å². The molecule has 1 amide bonds. The Balaban J connectivity index is 1.98. The van der Waals surface area contributed by atoms with Gasteiger partial charge in [-0.2, -0.15) is 5.10 Å². The lowest BCUT2D eigenvalue weighted by Crippen LogP contribution is -2.27. The van der Waals surface area contributed by atoms with E-state index in [1.54, 1.807) is 23.3 Å². The molecule has 0 radical (unpaired) electrons. The maximum absolute atomic E-state index is 11.6. The van der Waals surface area contributed by atoms with Crippen molar-refractivity contribution in [2.24, 2.45) is 7.05 Å². The number of nitrogens with zero attached hydrogens (tertiary/aromatic N) is 4. The highest BCUT2D eigenvalue weighted by Crippen LogP contribution is 2.04. The van der Waals surface area contributed by atoms with Gasteiger partial charge < -0.3 is 5.32 Å². The Hall–Kier alpha value is -2.11. The summed E-state index contributed by atoms with van der Waals surface area (Å²) in [6.07, 6.45) is 6.38. The van der Waals surface area contributed by atoms with E-state index in [0.29, 0.717) is 6.54 Å². The molecule has 0 fully saturated rings. The molecule has 0 aliphatic carbocycles. The average molecular weight is 219 g/mol. The smallest absolute Gasteiger partial charge is 0.327 e. The quantitative estimate of drug-likeness (QED) is 0.807. The van der Waals surface area contributed by atoms with Crippen LogP contribution in [0.25, 0.3) is 0 Å². The van der Waals surface area contributed by atoms with Crippen LogP contribution in [0.3, 0.4) is 0 Å². The minimum Gasteiger partial charge on any atom is -0.333 e. The van der Waals surface area contributed by atoms with Crippen molar-refractivity contribution in [2.45, 2.75) is 13.5 Å². The highest BCUT2D eigenvalue weighted by Gasteiger charge is 2.06. The topological polar surface area (TPSA) is 64.7 Å². The van der Waals surface area contributed by atoms with E-state index in [2.05, 4.69) is 15.4 Å². The predicted octanol–water partition coefficient (Wildman–Crippen LogP) is 0.683. The Kier molecular flexibility index (Phi) is 2.72. The Morgan fingerprint density at radius 3 is 2.94 bits per heavy atom. The lowest BCUT2D eigenvalue weighted by atomic mass is 10.2. The first-order valence-electron chi connectivity index (χ1n) is 4.92. The number of nitrogens with one attached hydrogen (secondary N) is 1. The summed E-state index contributed by atoms with van der Waals surface area (Å²) in [6, 6.07) is -0.194. The summed E-state index contributed by atoms with van der Waals surface area (Å²) in [5.41, 5.74) is 2.06. The van der Waals surface area contributed by atoms with Gasteiger partial charge in [0.05, 0.1) is 6.20 Å². The van der Waals surface area contributed by atoms with Crippen LogP contribution in [0.4, 0.5) is 4.79 Å². The van der Waals surface area contributed by atoms with Crippen molar-refractivity contribution >= 4 is 6.03 Å². The molecule has 6 nitrogen and oxygen atoms in total. The third-order valence-electron chi connectivity index (χ3n) is 2.51. The number of rotatable bonds is 2. The zero-order chi connectivity index (χ0) is 11.5. The molecule has 16 heavy (non-hydrogen) atoms. The summed E-state index contributed by atoms with van der Waals surface area (Å²) in [5.74, 6) is 0. The third kappa shape index (κ3) is 1.95. The molecule has 0 atom stereocenters. The highest BCUT2D eigenvalue weighted by atomic mass is 16.2. The molecule has 0 aliphatic rings. The van der Waals surface area contributed by atoms with Crippen molar-refractivity contribution < 1.29 is 4.79 Å². The Morgan fingerprint density at radius 1 is 1.56 bits per heavy atom. The number of amides is 1. The number of imidazole rings is 1. The first-order valence-corrected chi connectivity index (χ1v) is 4.92. The van der Waals surface area contributed by atoms with Gasteiger partial charge in [-0.1, -0.05) is 0 Å². The van der Waals surface area contributed by atoms with E-state index in [4.69, 9.17) is 0 Å². The number of carbonyl (C=O) groups is 1. The van der Waals surface area contributed by atoms with Crippen LogP contribution in [0.1, 0.15) is 11.3 Å². The summed E-state index contributed by atoms with van der Waals surface area (Å²) in [6.45, 7) is 2.43. The summed E-state index contributed by atoms with van der Waals surface area (Å²) in [7, 11) is 1.87. The van der Waals surface area contributed by atoms with Crippen molar-refractivity contribution in [3.63, 3.8) is 0 Å². The van der Waals surface area contributed by atoms with Gasteiger partial charge in [-0.15, -0.1) is 0 Å². The molecule has 2 rings (SSSR count). The lowest BCUT2D eigenvalue weighted by molar-refractivity contribution is 0.242. The van der Waals surface area contributed by atoms with Crippen molar-refractivity contribution in [1.29, 1.82) is 0 Å². The molecule has 0 aliphatic heterocycles. The molecule has 84 valence electrons. The van der Waals surface area contributed by atoms with Crippen LogP contribution in [0.5, 0.6) is 0 Å². The predicted molar refractivity (Wildman–Crippen MR) is 57.8 cm³/mol. The first kappa shape index (κ1) is 10.4. The zero-order valence-corrected chi connectivity index (χ0v) is 9.21. The van der Waals surface area contributed by atoms with E-state index < -0.39 is 0 Å². The second kappa shape index (κ2) is 4.18. The zero-order valence-electron chi connectivity index (χ0n) is 9.21. The van der Waals surface area contributed by atoms with E-state index in [1.807, 2.05) is 14.0 Å². The van der Waals surface area contributed by atoms with Gasteiger partial charge in [-0.25, -0.2) is 9.78 Å². The van der Waals surface area contributed by atoms with E-state index in [-0.39, 0.29) is 6.03 Å². The molecule has 2 aromatic heterocycles. The molecule has 0 saturated carbocycles. The second-order valence-corrected chi connectivity index (χ2v) is 3.51. The van der Waals surface area contributed by atoms with Crippen molar-refractivity contribution in [3.05, 3.63) is 36.2 Å². The summed E-state index contributed by atoms with van der Waals surface area (Å²) < 4.78 is 3.17. The Labute approximate surface area is 92.9 Å². The van der Waals surface area contributed by atoms with Crippen LogP contribution in [0, 0.1) is 6.92 Å². The first-order chi connectivity index (χ1) is 7.68. The minimum absolute atomic E-state index is 0.194. The minimum atomic E-state index is -0.194. The molecular weight excluding hydrogens is 206 g/mol. The van der Waals surface area contributed by atoms with Gasteiger partial charge in [-0.3, -0.25) is 9.25 Å². The molecule has 0 unspecified atom stereocenters. The lowest BCUT2D eigenvalue weighted by Gasteiger charge is -2.04. The van der Waals surface area contributed by atoms with Crippen LogP contribution in [-0.2, 0) is 13.6 Å². The van der Waals surface area contributed by atoms with Crippen LogP contribution in [0.2, 0.25) is 0 Å². The number of hydrogen-bond acceptors (Lipinski definition) is 3. The van der Waals surface area contributed by atoms with E-state index in [0.717, 1.165) is 11.3 Å². The molecule has 0 saturated heterocycles. The molecule has 2 aromatic rings. The molecule has 6 heteroatoms. The number of aryl methyl sites for hydroxylation is 1. The van der Waals surface area contributed by atoms with Crippen LogP contribution >= 0.6 is 0 Å². The van der Waals surface area contributed by atoms with Crippen LogP contribution < -0.4 is 5.32 Å². The fourth-order valence-electron chi connectivity index (χ4n) is 1.36. The number of aromatic nitrogens is 4. The molecule has 0 bridgehead atoms. The van der Waals surface area contributed by atoms with Crippen LogP contribution in [0.15, 0.2) is 24.9 Å². The van der Waals surface area contributed by atoms with Gasteiger partial charge in [-0.05, 0) is 6.92 Å². The van der Waals surface area contributed by atoms with Crippen LogP contribution in [-0.4, -0.2) is 25.4 Å². The van der Waals surface area contributed by atoms with E-state index in [9.17, 15) is 4.79 Å². The Morgan fingerprint density at radius 2 is 2.38 bits per heavy atom. The van der Waals surface area contributed by atoms with Crippen molar-refractivity contribution in [1.82, 2.24) is 24.6 Å². The highest BCUT2D eigenvalue weighted by molar-refractivity contribution is 5.76. The maximum atomic E-state index is 11.6. The SMILES string of the molecule is Cc1c(CNC(=O)n2ccnc2)cnn1C. The standard InChI is InChI=1S/C10H13N5O/c1-8-9(6-13-14(8)2)5-12-10(16)15-4-3-11-7-15/h3-4,6-7H,5H2,1-2H3,(H,12,16). The fourth-order valence-corrected chi connectivity index (χ4v) is 1.36. The second-order valence-electron chi connectivity index (χ2n) is 3.51.